The highest BCUT2D eigenvalue weighted by molar-refractivity contribution is 7.07. The molecule has 0 spiro atoms. The Bertz CT molecular complexity index is 447. The van der Waals surface area contributed by atoms with Gasteiger partial charge in [-0.1, -0.05) is 0 Å². The van der Waals surface area contributed by atoms with Gasteiger partial charge >= 0.3 is 0 Å². The molecule has 0 saturated heterocycles. The summed E-state index contributed by atoms with van der Waals surface area (Å²) in [5.74, 6) is 0. The normalized spacial score (nSPS) is 11.8. The molecular formula is C11H11N3O2S. The first kappa shape index (κ1) is 11.5. The Morgan fingerprint density at radius 2 is 2.29 bits per heavy atom. The van der Waals surface area contributed by atoms with E-state index in [1.54, 1.807) is 17.9 Å². The summed E-state index contributed by atoms with van der Waals surface area (Å²) in [4.78, 5) is 18.4. The van der Waals surface area contributed by atoms with Gasteiger partial charge in [0, 0.05) is 23.5 Å². The Morgan fingerprint density at radius 3 is 2.94 bits per heavy atom. The molecule has 6 heteroatoms. The molecule has 0 saturated carbocycles. The summed E-state index contributed by atoms with van der Waals surface area (Å²) in [5.41, 5.74) is 3.51. The van der Waals surface area contributed by atoms with Crippen LogP contribution < -0.4 is 5.32 Å². The minimum Gasteiger partial charge on any atom is -0.465 e. The average molecular weight is 249 g/mol. The summed E-state index contributed by atoms with van der Waals surface area (Å²) in [5, 5.41) is 5.16. The van der Waals surface area contributed by atoms with Crippen LogP contribution in [0, 0.1) is 0 Å². The Labute approximate surface area is 102 Å². The molecule has 0 aliphatic carbocycles. The van der Waals surface area contributed by atoms with E-state index in [0.717, 1.165) is 11.4 Å². The first-order chi connectivity index (χ1) is 8.40. The van der Waals surface area contributed by atoms with Crippen molar-refractivity contribution in [3.63, 3.8) is 0 Å². The number of thiazole rings is 1. The molecule has 0 amide bonds. The predicted molar refractivity (Wildman–Crippen MR) is 64.7 cm³/mol. The van der Waals surface area contributed by atoms with Crippen LogP contribution in [0.15, 0.2) is 35.4 Å². The van der Waals surface area contributed by atoms with Gasteiger partial charge in [-0.05, 0) is 12.1 Å². The number of nitrogens with zero attached hydrogens (tertiary/aromatic N) is 2. The summed E-state index contributed by atoms with van der Waals surface area (Å²) in [6.45, 7) is 0.684. The van der Waals surface area contributed by atoms with E-state index in [0.29, 0.717) is 6.47 Å². The monoisotopic (exact) mass is 249 g/mol. The Hall–Kier alpha value is -1.95. The minimum atomic E-state index is -0.145. The van der Waals surface area contributed by atoms with Crippen molar-refractivity contribution in [2.45, 2.75) is 6.04 Å². The van der Waals surface area contributed by atoms with Crippen LogP contribution in [0.3, 0.4) is 0 Å². The lowest BCUT2D eigenvalue weighted by molar-refractivity contribution is -0.129. The van der Waals surface area contributed by atoms with E-state index in [1.165, 1.54) is 11.3 Å². The van der Waals surface area contributed by atoms with E-state index < -0.39 is 0 Å². The molecule has 0 aromatic carbocycles. The molecule has 0 bridgehead atoms. The van der Waals surface area contributed by atoms with Crippen LogP contribution in [0.4, 0.5) is 5.69 Å². The van der Waals surface area contributed by atoms with E-state index in [1.807, 2.05) is 17.5 Å². The second-order valence-corrected chi connectivity index (χ2v) is 3.99. The molecule has 1 N–H and O–H groups in total. The Morgan fingerprint density at radius 1 is 1.47 bits per heavy atom. The van der Waals surface area contributed by atoms with Gasteiger partial charge < -0.3 is 10.1 Å². The van der Waals surface area contributed by atoms with Crippen molar-refractivity contribution in [3.05, 3.63) is 41.1 Å². The number of rotatable bonds is 6. The van der Waals surface area contributed by atoms with Crippen LogP contribution in [-0.2, 0) is 9.53 Å². The van der Waals surface area contributed by atoms with E-state index in [9.17, 15) is 4.79 Å². The summed E-state index contributed by atoms with van der Waals surface area (Å²) in [6.07, 6.45) is 3.39. The molecule has 0 aliphatic heterocycles. The molecule has 0 aliphatic rings. The molecule has 1 atom stereocenters. The quantitative estimate of drug-likeness (QED) is 0.792. The lowest BCUT2D eigenvalue weighted by atomic mass is 10.2. The SMILES string of the molecule is O=COCC(Nc1ccncc1)c1cscn1. The van der Waals surface area contributed by atoms with Crippen LogP contribution in [0.25, 0.3) is 0 Å². The zero-order chi connectivity index (χ0) is 11.9. The summed E-state index contributed by atoms with van der Waals surface area (Å²) >= 11 is 1.50. The number of ether oxygens (including phenoxy) is 1. The first-order valence-corrected chi connectivity index (χ1v) is 5.94. The number of anilines is 1. The molecular weight excluding hydrogens is 238 g/mol. The van der Waals surface area contributed by atoms with Gasteiger partial charge in [0.05, 0.1) is 11.2 Å². The van der Waals surface area contributed by atoms with Crippen molar-refractivity contribution in [1.82, 2.24) is 9.97 Å². The van der Waals surface area contributed by atoms with Crippen molar-refractivity contribution in [3.8, 4) is 0 Å². The predicted octanol–water partition coefficient (Wildman–Crippen LogP) is 1.86. The zero-order valence-corrected chi connectivity index (χ0v) is 9.76. The highest BCUT2D eigenvalue weighted by atomic mass is 32.1. The van der Waals surface area contributed by atoms with Gasteiger partial charge in [-0.2, -0.15) is 0 Å². The van der Waals surface area contributed by atoms with Gasteiger partial charge in [-0.3, -0.25) is 9.78 Å². The lowest BCUT2D eigenvalue weighted by Gasteiger charge is -2.16. The fraction of sp³-hybridized carbons (Fsp3) is 0.182. The van der Waals surface area contributed by atoms with Crippen molar-refractivity contribution in [1.29, 1.82) is 0 Å². The zero-order valence-electron chi connectivity index (χ0n) is 8.95. The van der Waals surface area contributed by atoms with Crippen LogP contribution in [0.1, 0.15) is 11.7 Å². The second kappa shape index (κ2) is 5.95. The third kappa shape index (κ3) is 3.25. The van der Waals surface area contributed by atoms with Gasteiger partial charge in [0.2, 0.25) is 0 Å². The van der Waals surface area contributed by atoms with Crippen molar-refractivity contribution >= 4 is 23.5 Å². The third-order valence-corrected chi connectivity index (χ3v) is 2.77. The number of aromatic nitrogens is 2. The maximum atomic E-state index is 10.3. The number of pyridine rings is 1. The highest BCUT2D eigenvalue weighted by Gasteiger charge is 2.13. The van der Waals surface area contributed by atoms with E-state index >= 15 is 0 Å². The third-order valence-electron chi connectivity index (χ3n) is 2.16. The highest BCUT2D eigenvalue weighted by Crippen LogP contribution is 2.19. The molecule has 88 valence electrons. The Kier molecular flexibility index (Phi) is 4.04. The maximum Gasteiger partial charge on any atom is 0.293 e. The first-order valence-electron chi connectivity index (χ1n) is 5.00. The number of nitrogens with one attached hydrogen (secondary N) is 1. The van der Waals surface area contributed by atoms with Crippen LogP contribution >= 0.6 is 11.3 Å². The van der Waals surface area contributed by atoms with E-state index in [-0.39, 0.29) is 12.6 Å². The van der Waals surface area contributed by atoms with Gasteiger partial charge in [0.15, 0.2) is 0 Å². The van der Waals surface area contributed by atoms with Crippen molar-refractivity contribution in [2.75, 3.05) is 11.9 Å². The fourth-order valence-electron chi connectivity index (χ4n) is 1.38. The Balaban J connectivity index is 2.08. The number of hydrogen-bond donors (Lipinski definition) is 1. The number of carbonyl (C=O) groups is 1. The molecule has 2 aromatic rings. The van der Waals surface area contributed by atoms with Gasteiger partial charge in [-0.15, -0.1) is 11.3 Å². The molecule has 0 fully saturated rings. The standard InChI is InChI=1S/C11H11N3O2S/c15-8-16-5-10(11-6-17-7-13-11)14-9-1-3-12-4-2-9/h1-4,6-8,10H,5H2,(H,12,14). The van der Waals surface area contributed by atoms with Gasteiger partial charge in [-0.25, -0.2) is 4.98 Å². The van der Waals surface area contributed by atoms with E-state index in [4.69, 9.17) is 4.74 Å². The van der Waals surface area contributed by atoms with E-state index in [2.05, 4.69) is 15.3 Å². The van der Waals surface area contributed by atoms with Crippen LogP contribution in [0.5, 0.6) is 0 Å². The minimum absolute atomic E-state index is 0.145. The molecule has 17 heavy (non-hydrogen) atoms. The van der Waals surface area contributed by atoms with Crippen molar-refractivity contribution < 1.29 is 9.53 Å². The summed E-state index contributed by atoms with van der Waals surface area (Å²) in [7, 11) is 0. The summed E-state index contributed by atoms with van der Waals surface area (Å²) < 4.78 is 4.80. The van der Waals surface area contributed by atoms with Gasteiger partial charge in [0.25, 0.3) is 6.47 Å². The molecule has 0 radical (unpaired) electrons. The summed E-state index contributed by atoms with van der Waals surface area (Å²) in [6, 6.07) is 3.55. The van der Waals surface area contributed by atoms with Crippen LogP contribution in [-0.4, -0.2) is 23.0 Å². The number of carbonyl (C=O) groups excluding carboxylic acids is 1. The molecule has 1 unspecified atom stereocenters. The van der Waals surface area contributed by atoms with Crippen molar-refractivity contribution in [2.24, 2.45) is 0 Å². The average Bonchev–Trinajstić information content (AvgIpc) is 2.89. The fourth-order valence-corrected chi connectivity index (χ4v) is 1.99. The largest absolute Gasteiger partial charge is 0.465 e. The maximum absolute atomic E-state index is 10.3. The smallest absolute Gasteiger partial charge is 0.293 e. The molecule has 2 aromatic heterocycles. The number of hydrogen-bond acceptors (Lipinski definition) is 6. The topological polar surface area (TPSA) is 64.1 Å². The lowest BCUT2D eigenvalue weighted by Crippen LogP contribution is -2.17. The second-order valence-electron chi connectivity index (χ2n) is 3.28. The van der Waals surface area contributed by atoms with Gasteiger partial charge in [0.1, 0.15) is 12.6 Å². The molecule has 2 rings (SSSR count). The molecule has 2 heterocycles. The van der Waals surface area contributed by atoms with Crippen LogP contribution in [0.2, 0.25) is 0 Å². The molecule has 5 nitrogen and oxygen atoms in total.